The Kier molecular flexibility index (Phi) is 2.81. The molecule has 0 fully saturated rings. The van der Waals surface area contributed by atoms with Gasteiger partial charge >= 0.3 is 0 Å². The molecule has 0 aliphatic carbocycles. The second-order valence-electron chi connectivity index (χ2n) is 4.39. The lowest BCUT2D eigenvalue weighted by Gasteiger charge is -2.07. The Morgan fingerprint density at radius 2 is 1.61 bits per heavy atom. The van der Waals surface area contributed by atoms with E-state index in [-0.39, 0.29) is 0 Å². The molecular weight excluding hydrogens is 218 g/mol. The highest BCUT2D eigenvalue weighted by molar-refractivity contribution is 5.95. The molecular formula is C17H15N. The lowest BCUT2D eigenvalue weighted by Crippen LogP contribution is -1.90. The molecule has 0 unspecified atom stereocenters. The third kappa shape index (κ3) is 1.88. The lowest BCUT2D eigenvalue weighted by atomic mass is 10.0. The summed E-state index contributed by atoms with van der Waals surface area (Å²) in [5, 5.41) is 2.53. The lowest BCUT2D eigenvalue weighted by molar-refractivity contribution is 1.04. The van der Waals surface area contributed by atoms with Gasteiger partial charge in [0.05, 0.1) is 5.69 Å². The quantitative estimate of drug-likeness (QED) is 0.636. The van der Waals surface area contributed by atoms with E-state index in [1.807, 2.05) is 0 Å². The fourth-order valence-electron chi connectivity index (χ4n) is 2.28. The van der Waals surface area contributed by atoms with Crippen molar-refractivity contribution in [2.24, 2.45) is 0 Å². The molecule has 3 rings (SSSR count). The van der Waals surface area contributed by atoms with E-state index in [0.29, 0.717) is 0 Å². The summed E-state index contributed by atoms with van der Waals surface area (Å²) in [7, 11) is 0. The van der Waals surface area contributed by atoms with Gasteiger partial charge in [0.25, 0.3) is 0 Å². The molecule has 0 spiro atoms. The van der Waals surface area contributed by atoms with E-state index >= 15 is 0 Å². The maximum atomic E-state index is 4.71. The molecule has 0 aliphatic rings. The van der Waals surface area contributed by atoms with Crippen LogP contribution >= 0.6 is 0 Å². The largest absolute Gasteiger partial charge is 0.253 e. The van der Waals surface area contributed by atoms with Crippen LogP contribution in [0.1, 0.15) is 12.6 Å². The van der Waals surface area contributed by atoms with Gasteiger partial charge in [0.2, 0.25) is 0 Å². The normalized spacial score (nSPS) is 10.7. The molecule has 0 saturated carbocycles. The maximum absolute atomic E-state index is 4.71. The van der Waals surface area contributed by atoms with E-state index in [1.165, 1.54) is 16.3 Å². The van der Waals surface area contributed by atoms with E-state index in [2.05, 4.69) is 67.6 Å². The molecule has 3 aromatic rings. The highest BCUT2D eigenvalue weighted by atomic mass is 14.7. The molecule has 0 saturated heterocycles. The van der Waals surface area contributed by atoms with Crippen LogP contribution in [0.5, 0.6) is 0 Å². The Bertz CT molecular complexity index is 681. The monoisotopic (exact) mass is 233 g/mol. The summed E-state index contributed by atoms with van der Waals surface area (Å²) in [6.45, 7) is 2.13. The fourth-order valence-corrected chi connectivity index (χ4v) is 2.28. The Balaban J connectivity index is 2.24. The third-order valence-corrected chi connectivity index (χ3v) is 3.23. The molecule has 0 amide bonds. The standard InChI is InChI=1S/C17H15N/c1-2-14-9-6-12-17(18-14)16-11-5-8-13-7-3-4-10-15(13)16/h3-12H,2H2,1H3. The van der Waals surface area contributed by atoms with Crippen molar-refractivity contribution in [1.29, 1.82) is 0 Å². The van der Waals surface area contributed by atoms with Crippen molar-refractivity contribution in [1.82, 2.24) is 4.98 Å². The van der Waals surface area contributed by atoms with E-state index in [9.17, 15) is 0 Å². The number of aromatic nitrogens is 1. The Morgan fingerprint density at radius 3 is 2.50 bits per heavy atom. The average Bonchev–Trinajstić information content (AvgIpc) is 2.47. The van der Waals surface area contributed by atoms with Crippen molar-refractivity contribution in [3.8, 4) is 11.3 Å². The maximum Gasteiger partial charge on any atom is 0.0711 e. The summed E-state index contributed by atoms with van der Waals surface area (Å²) in [5.41, 5.74) is 3.41. The van der Waals surface area contributed by atoms with Gasteiger partial charge in [0.1, 0.15) is 0 Å². The van der Waals surface area contributed by atoms with Crippen molar-refractivity contribution in [2.45, 2.75) is 13.3 Å². The molecule has 0 bridgehead atoms. The number of hydrogen-bond acceptors (Lipinski definition) is 1. The summed E-state index contributed by atoms with van der Waals surface area (Å²) < 4.78 is 0. The van der Waals surface area contributed by atoms with Crippen LogP contribution in [0.4, 0.5) is 0 Å². The van der Waals surface area contributed by atoms with Gasteiger partial charge in [-0.15, -0.1) is 0 Å². The van der Waals surface area contributed by atoms with Crippen LogP contribution < -0.4 is 0 Å². The van der Waals surface area contributed by atoms with Crippen molar-refractivity contribution in [2.75, 3.05) is 0 Å². The summed E-state index contributed by atoms with van der Waals surface area (Å²) in [4.78, 5) is 4.71. The molecule has 1 nitrogen and oxygen atoms in total. The first kappa shape index (κ1) is 11.0. The zero-order valence-electron chi connectivity index (χ0n) is 10.4. The number of pyridine rings is 1. The first-order chi connectivity index (χ1) is 8.88. The summed E-state index contributed by atoms with van der Waals surface area (Å²) in [5.74, 6) is 0. The van der Waals surface area contributed by atoms with Crippen molar-refractivity contribution >= 4 is 10.8 Å². The molecule has 1 heterocycles. The Morgan fingerprint density at radius 1 is 0.833 bits per heavy atom. The van der Waals surface area contributed by atoms with E-state index < -0.39 is 0 Å². The van der Waals surface area contributed by atoms with Gasteiger partial charge < -0.3 is 0 Å². The predicted molar refractivity (Wildman–Crippen MR) is 76.6 cm³/mol. The minimum Gasteiger partial charge on any atom is -0.253 e. The highest BCUT2D eigenvalue weighted by Gasteiger charge is 2.04. The van der Waals surface area contributed by atoms with Crippen LogP contribution in [0, 0.1) is 0 Å². The van der Waals surface area contributed by atoms with Crippen molar-refractivity contribution in [3.63, 3.8) is 0 Å². The number of hydrogen-bond donors (Lipinski definition) is 0. The number of aryl methyl sites for hydroxylation is 1. The second kappa shape index (κ2) is 4.61. The van der Waals surface area contributed by atoms with Crippen molar-refractivity contribution in [3.05, 3.63) is 66.4 Å². The predicted octanol–water partition coefficient (Wildman–Crippen LogP) is 4.46. The number of nitrogens with zero attached hydrogens (tertiary/aromatic N) is 1. The summed E-state index contributed by atoms with van der Waals surface area (Å²) in [6.07, 6.45) is 0.971. The van der Waals surface area contributed by atoms with E-state index in [4.69, 9.17) is 4.98 Å². The van der Waals surface area contributed by atoms with Gasteiger partial charge in [-0.1, -0.05) is 55.5 Å². The van der Waals surface area contributed by atoms with Gasteiger partial charge in [-0.3, -0.25) is 4.98 Å². The second-order valence-corrected chi connectivity index (χ2v) is 4.39. The van der Waals surface area contributed by atoms with Crippen LogP contribution in [0.2, 0.25) is 0 Å². The van der Waals surface area contributed by atoms with Gasteiger partial charge in [-0.25, -0.2) is 0 Å². The zero-order valence-corrected chi connectivity index (χ0v) is 10.4. The number of benzene rings is 2. The Labute approximate surface area is 107 Å². The zero-order chi connectivity index (χ0) is 12.4. The molecule has 18 heavy (non-hydrogen) atoms. The topological polar surface area (TPSA) is 12.9 Å². The third-order valence-electron chi connectivity index (χ3n) is 3.23. The van der Waals surface area contributed by atoms with Crippen LogP contribution in [0.3, 0.4) is 0 Å². The van der Waals surface area contributed by atoms with Crippen molar-refractivity contribution < 1.29 is 0 Å². The summed E-state index contributed by atoms with van der Waals surface area (Å²) >= 11 is 0. The molecule has 1 aromatic heterocycles. The molecule has 1 heteroatoms. The first-order valence-electron chi connectivity index (χ1n) is 6.32. The van der Waals surface area contributed by atoms with E-state index in [0.717, 1.165) is 17.8 Å². The Hall–Kier alpha value is -2.15. The van der Waals surface area contributed by atoms with Gasteiger partial charge in [-0.2, -0.15) is 0 Å². The van der Waals surface area contributed by atoms with Gasteiger partial charge in [0, 0.05) is 11.3 Å². The molecule has 0 aliphatic heterocycles. The number of rotatable bonds is 2. The van der Waals surface area contributed by atoms with Crippen LogP contribution in [-0.4, -0.2) is 4.98 Å². The van der Waals surface area contributed by atoms with Crippen LogP contribution in [-0.2, 0) is 6.42 Å². The number of fused-ring (bicyclic) bond motifs is 1. The minimum atomic E-state index is 0.971. The SMILES string of the molecule is CCc1cccc(-c2cccc3ccccc23)n1. The highest BCUT2D eigenvalue weighted by Crippen LogP contribution is 2.27. The molecule has 0 atom stereocenters. The van der Waals surface area contributed by atoms with Gasteiger partial charge in [-0.05, 0) is 29.3 Å². The first-order valence-corrected chi connectivity index (χ1v) is 6.32. The van der Waals surface area contributed by atoms with Crippen LogP contribution in [0.25, 0.3) is 22.0 Å². The molecule has 0 N–H and O–H groups in total. The van der Waals surface area contributed by atoms with Crippen LogP contribution in [0.15, 0.2) is 60.7 Å². The van der Waals surface area contributed by atoms with Gasteiger partial charge in [0.15, 0.2) is 0 Å². The molecule has 88 valence electrons. The molecule has 0 radical (unpaired) electrons. The average molecular weight is 233 g/mol. The minimum absolute atomic E-state index is 0.971. The van der Waals surface area contributed by atoms with E-state index in [1.54, 1.807) is 0 Å². The fraction of sp³-hybridized carbons (Fsp3) is 0.118. The summed E-state index contributed by atoms with van der Waals surface area (Å²) in [6, 6.07) is 21.1. The smallest absolute Gasteiger partial charge is 0.0711 e. The molecule has 2 aromatic carbocycles.